The Morgan fingerprint density at radius 2 is 2.15 bits per heavy atom. The van der Waals surface area contributed by atoms with Crippen LogP contribution in [0.2, 0.25) is 0 Å². The first-order chi connectivity index (χ1) is 12.8. The zero-order chi connectivity index (χ0) is 17.7. The lowest BCUT2D eigenvalue weighted by molar-refractivity contribution is -0.291. The first-order valence-electron chi connectivity index (χ1n) is 9.93. The van der Waals surface area contributed by atoms with E-state index in [-0.39, 0.29) is 12.0 Å². The number of aromatic nitrogens is 1. The van der Waals surface area contributed by atoms with Gasteiger partial charge in [-0.15, -0.1) is 0 Å². The van der Waals surface area contributed by atoms with Crippen LogP contribution in [-0.2, 0) is 16.2 Å². The van der Waals surface area contributed by atoms with Crippen molar-refractivity contribution in [3.05, 3.63) is 35.5 Å². The van der Waals surface area contributed by atoms with Gasteiger partial charge in [-0.1, -0.05) is 18.2 Å². The maximum Gasteiger partial charge on any atom is 0.0877 e. The van der Waals surface area contributed by atoms with Gasteiger partial charge in [-0.3, -0.25) is 4.90 Å². The van der Waals surface area contributed by atoms with Gasteiger partial charge in [0, 0.05) is 35.6 Å². The number of fused-ring (bicyclic) bond motifs is 6. The third-order valence-corrected chi connectivity index (χ3v) is 7.10. The molecule has 0 radical (unpaired) electrons. The molecule has 1 aromatic carbocycles. The predicted octanol–water partition coefficient (Wildman–Crippen LogP) is 3.05. The summed E-state index contributed by atoms with van der Waals surface area (Å²) in [5.74, 6) is 1.32. The third-order valence-electron chi connectivity index (χ3n) is 7.10. The minimum absolute atomic E-state index is 0.172. The molecule has 0 spiro atoms. The fourth-order valence-electron chi connectivity index (χ4n) is 5.84. The number of para-hydroxylation sites is 1. The van der Waals surface area contributed by atoms with Crippen molar-refractivity contribution in [1.82, 2.24) is 9.88 Å². The third kappa shape index (κ3) is 2.61. The molecule has 1 unspecified atom stereocenters. The Bertz CT molecular complexity index is 789. The molecule has 2 N–H and O–H groups in total. The van der Waals surface area contributed by atoms with Crippen molar-refractivity contribution in [1.29, 1.82) is 0 Å². The maximum absolute atomic E-state index is 10.6. The molecule has 1 aromatic heterocycles. The Morgan fingerprint density at radius 1 is 1.27 bits per heavy atom. The molecule has 1 saturated heterocycles. The van der Waals surface area contributed by atoms with Crippen molar-refractivity contribution in [2.24, 2.45) is 17.8 Å². The van der Waals surface area contributed by atoms with E-state index in [2.05, 4.69) is 34.1 Å². The number of piperidine rings is 1. The van der Waals surface area contributed by atoms with Crippen LogP contribution < -0.4 is 0 Å². The van der Waals surface area contributed by atoms with Gasteiger partial charge in [-0.25, -0.2) is 9.78 Å². The Morgan fingerprint density at radius 3 is 3.04 bits per heavy atom. The highest BCUT2D eigenvalue weighted by Gasteiger charge is 2.46. The van der Waals surface area contributed by atoms with Gasteiger partial charge in [-0.05, 0) is 49.1 Å². The van der Waals surface area contributed by atoms with Crippen LogP contribution in [0.15, 0.2) is 24.3 Å². The van der Waals surface area contributed by atoms with Crippen LogP contribution in [0.4, 0.5) is 0 Å². The topological polar surface area (TPSA) is 57.7 Å². The zero-order valence-electron chi connectivity index (χ0n) is 15.4. The lowest BCUT2D eigenvalue weighted by Gasteiger charge is -2.51. The zero-order valence-corrected chi connectivity index (χ0v) is 15.4. The van der Waals surface area contributed by atoms with E-state index in [0.29, 0.717) is 24.5 Å². The standard InChI is InChI=1S/C21H28N2O3/c1-25-26-12-17-16-10-19-21-15(14-4-2-3-5-18(14)22-21)8-9-23(19)11-13(16)6-7-20(17)24/h2-5,13,16-17,19-20,22,24H,6-12H2,1H3/t13?,16-,17+,19-,20-/m0/s1. The lowest BCUT2D eigenvalue weighted by atomic mass is 9.65. The molecule has 1 saturated carbocycles. The van der Waals surface area contributed by atoms with Crippen molar-refractivity contribution in [3.63, 3.8) is 0 Å². The fourth-order valence-corrected chi connectivity index (χ4v) is 5.84. The van der Waals surface area contributed by atoms with Crippen LogP contribution in [0.25, 0.3) is 10.9 Å². The van der Waals surface area contributed by atoms with E-state index in [0.717, 1.165) is 38.8 Å². The summed E-state index contributed by atoms with van der Waals surface area (Å²) in [6, 6.07) is 9.10. The Balaban J connectivity index is 1.47. The summed E-state index contributed by atoms with van der Waals surface area (Å²) < 4.78 is 0. The van der Waals surface area contributed by atoms with Crippen LogP contribution in [-0.4, -0.2) is 47.9 Å². The first-order valence-corrected chi connectivity index (χ1v) is 9.93. The van der Waals surface area contributed by atoms with E-state index < -0.39 is 0 Å². The first kappa shape index (κ1) is 16.8. The minimum Gasteiger partial charge on any atom is -0.393 e. The number of nitrogens with zero attached hydrogens (tertiary/aromatic N) is 1. The number of H-pyrrole nitrogens is 1. The summed E-state index contributed by atoms with van der Waals surface area (Å²) in [6.45, 7) is 2.77. The molecule has 2 aliphatic heterocycles. The molecule has 26 heavy (non-hydrogen) atoms. The number of rotatable bonds is 3. The van der Waals surface area contributed by atoms with Crippen LogP contribution >= 0.6 is 0 Å². The molecule has 0 amide bonds. The molecular formula is C21H28N2O3. The molecule has 3 aliphatic rings. The molecule has 5 atom stereocenters. The average molecular weight is 356 g/mol. The second kappa shape index (κ2) is 6.64. The van der Waals surface area contributed by atoms with Crippen LogP contribution in [0.3, 0.4) is 0 Å². The quantitative estimate of drug-likeness (QED) is 0.656. The normalized spacial score (nSPS) is 34.3. The van der Waals surface area contributed by atoms with E-state index in [4.69, 9.17) is 9.78 Å². The maximum atomic E-state index is 10.6. The number of hydrogen-bond acceptors (Lipinski definition) is 4. The van der Waals surface area contributed by atoms with Crippen molar-refractivity contribution in [2.45, 2.75) is 37.8 Å². The van der Waals surface area contributed by atoms with Crippen molar-refractivity contribution < 1.29 is 14.9 Å². The summed E-state index contributed by atoms with van der Waals surface area (Å²) in [6.07, 6.45) is 3.96. The number of hydrogen-bond donors (Lipinski definition) is 2. The average Bonchev–Trinajstić information content (AvgIpc) is 3.05. The predicted molar refractivity (Wildman–Crippen MR) is 99.6 cm³/mol. The molecule has 140 valence electrons. The van der Waals surface area contributed by atoms with E-state index >= 15 is 0 Å². The van der Waals surface area contributed by atoms with Gasteiger partial charge in [0.15, 0.2) is 0 Å². The van der Waals surface area contributed by atoms with Crippen molar-refractivity contribution in [3.8, 4) is 0 Å². The van der Waals surface area contributed by atoms with Crippen LogP contribution in [0, 0.1) is 17.8 Å². The van der Waals surface area contributed by atoms with E-state index in [1.54, 1.807) is 7.11 Å². The van der Waals surface area contributed by atoms with Gasteiger partial charge in [0.25, 0.3) is 0 Å². The van der Waals surface area contributed by atoms with Crippen molar-refractivity contribution >= 4 is 10.9 Å². The second-order valence-corrected chi connectivity index (χ2v) is 8.24. The number of aliphatic hydroxyl groups is 1. The Labute approximate surface area is 154 Å². The largest absolute Gasteiger partial charge is 0.393 e. The number of aromatic amines is 1. The highest BCUT2D eigenvalue weighted by atomic mass is 17.2. The molecule has 0 bridgehead atoms. The Hall–Kier alpha value is -1.40. The summed E-state index contributed by atoms with van der Waals surface area (Å²) in [5, 5.41) is 12.0. The molecule has 5 nitrogen and oxygen atoms in total. The molecule has 5 heteroatoms. The Kier molecular flexibility index (Phi) is 4.28. The van der Waals surface area contributed by atoms with Gasteiger partial charge in [-0.2, -0.15) is 0 Å². The minimum atomic E-state index is -0.274. The summed E-state index contributed by atoms with van der Waals surface area (Å²) in [5.41, 5.74) is 4.16. The molecule has 2 aromatic rings. The molecular weight excluding hydrogens is 328 g/mol. The highest BCUT2D eigenvalue weighted by molar-refractivity contribution is 5.85. The second-order valence-electron chi connectivity index (χ2n) is 8.24. The lowest BCUT2D eigenvalue weighted by Crippen LogP contribution is -2.52. The van der Waals surface area contributed by atoms with Gasteiger partial charge >= 0.3 is 0 Å². The number of aliphatic hydroxyl groups excluding tert-OH is 1. The van der Waals surface area contributed by atoms with E-state index in [1.807, 2.05) is 0 Å². The van der Waals surface area contributed by atoms with Gasteiger partial charge < -0.3 is 10.1 Å². The summed E-state index contributed by atoms with van der Waals surface area (Å²) in [7, 11) is 1.55. The highest BCUT2D eigenvalue weighted by Crippen LogP contribution is 2.49. The van der Waals surface area contributed by atoms with E-state index in [9.17, 15) is 5.11 Å². The van der Waals surface area contributed by atoms with Crippen molar-refractivity contribution in [2.75, 3.05) is 26.8 Å². The summed E-state index contributed by atoms with van der Waals surface area (Å²) >= 11 is 0. The van der Waals surface area contributed by atoms with E-state index in [1.165, 1.54) is 22.2 Å². The SMILES string of the molecule is COOC[C@H]1[C@@H](O)CCC2CN3CCc4c([nH]c5ccccc45)[C@@H]3C[C@@H]21. The summed E-state index contributed by atoms with van der Waals surface area (Å²) in [4.78, 5) is 16.5. The van der Waals surface area contributed by atoms with Gasteiger partial charge in [0.1, 0.15) is 0 Å². The number of benzene rings is 1. The molecule has 3 heterocycles. The molecule has 5 rings (SSSR count). The van der Waals surface area contributed by atoms with Crippen LogP contribution in [0.1, 0.15) is 36.6 Å². The fraction of sp³-hybridized carbons (Fsp3) is 0.619. The van der Waals surface area contributed by atoms with Gasteiger partial charge in [0.2, 0.25) is 0 Å². The molecule has 2 fully saturated rings. The van der Waals surface area contributed by atoms with Crippen LogP contribution in [0.5, 0.6) is 0 Å². The van der Waals surface area contributed by atoms with Gasteiger partial charge in [0.05, 0.1) is 25.9 Å². The monoisotopic (exact) mass is 356 g/mol. The number of nitrogens with one attached hydrogen (secondary N) is 1. The molecule has 1 aliphatic carbocycles. The smallest absolute Gasteiger partial charge is 0.0877 e.